The van der Waals surface area contributed by atoms with E-state index in [1.807, 2.05) is 0 Å². The molecular weight excluding hydrogens is 124 g/mol. The van der Waals surface area contributed by atoms with Crippen molar-refractivity contribution < 1.29 is 0 Å². The summed E-state index contributed by atoms with van der Waals surface area (Å²) in [5.41, 5.74) is 5.66. The van der Waals surface area contributed by atoms with Gasteiger partial charge in [0.1, 0.15) is 0 Å². The summed E-state index contributed by atoms with van der Waals surface area (Å²) in [6.45, 7) is 9.76. The zero-order chi connectivity index (χ0) is 7.98. The second-order valence-electron chi connectivity index (χ2n) is 2.87. The Morgan fingerprint density at radius 2 is 2.00 bits per heavy atom. The molecule has 0 spiro atoms. The molecule has 0 aliphatic heterocycles. The minimum absolute atomic E-state index is 0.312. The Labute approximate surface area is 64.4 Å². The third-order valence-corrected chi connectivity index (χ3v) is 1.53. The van der Waals surface area contributed by atoms with Crippen LogP contribution in [0.2, 0.25) is 0 Å². The van der Waals surface area contributed by atoms with Crippen LogP contribution in [0.25, 0.3) is 0 Å². The molecule has 2 nitrogen and oxygen atoms in total. The van der Waals surface area contributed by atoms with Crippen molar-refractivity contribution in [3.8, 4) is 0 Å². The molecule has 0 aromatic carbocycles. The highest BCUT2D eigenvalue weighted by atomic mass is 15.1. The highest BCUT2D eigenvalue weighted by Gasteiger charge is 2.02. The minimum Gasteiger partial charge on any atom is -0.327 e. The van der Waals surface area contributed by atoms with Gasteiger partial charge in [0, 0.05) is 12.6 Å². The molecule has 0 heterocycles. The molecule has 0 rings (SSSR count). The molecule has 0 fully saturated rings. The maximum atomic E-state index is 5.66. The van der Waals surface area contributed by atoms with Crippen LogP contribution in [0.1, 0.15) is 27.2 Å². The van der Waals surface area contributed by atoms with Crippen LogP contribution in [0, 0.1) is 0 Å². The maximum Gasteiger partial charge on any atom is 0.0139 e. The number of nitrogens with two attached hydrogens (primary N) is 1. The molecule has 0 aliphatic carbocycles. The summed E-state index contributed by atoms with van der Waals surface area (Å²) in [6, 6.07) is 0.312. The van der Waals surface area contributed by atoms with E-state index in [-0.39, 0.29) is 0 Å². The molecule has 0 radical (unpaired) electrons. The maximum absolute atomic E-state index is 5.66. The number of nitrogens with zero attached hydrogens (tertiary/aromatic N) is 1. The Bertz CT molecular complexity index is 71.7. The third kappa shape index (κ3) is 4.77. The van der Waals surface area contributed by atoms with E-state index < -0.39 is 0 Å². The van der Waals surface area contributed by atoms with Gasteiger partial charge in [-0.1, -0.05) is 13.8 Å². The zero-order valence-corrected chi connectivity index (χ0v) is 7.43. The van der Waals surface area contributed by atoms with Crippen LogP contribution < -0.4 is 5.73 Å². The highest BCUT2D eigenvalue weighted by Crippen LogP contribution is 1.91. The lowest BCUT2D eigenvalue weighted by molar-refractivity contribution is 0.275. The lowest BCUT2D eigenvalue weighted by Crippen LogP contribution is -2.35. The molecule has 0 unspecified atom stereocenters. The van der Waals surface area contributed by atoms with Crippen LogP contribution in [0.4, 0.5) is 0 Å². The van der Waals surface area contributed by atoms with Gasteiger partial charge in [0.2, 0.25) is 0 Å². The molecule has 0 bridgehead atoms. The SMILES string of the molecule is CCCN(CC)C[C@H](C)N. The van der Waals surface area contributed by atoms with E-state index in [0.29, 0.717) is 6.04 Å². The first-order valence-electron chi connectivity index (χ1n) is 4.18. The third-order valence-electron chi connectivity index (χ3n) is 1.53. The fourth-order valence-corrected chi connectivity index (χ4v) is 1.10. The van der Waals surface area contributed by atoms with Crippen molar-refractivity contribution in [1.82, 2.24) is 4.90 Å². The molecule has 0 aliphatic rings. The van der Waals surface area contributed by atoms with Crippen LogP contribution in [-0.4, -0.2) is 30.6 Å². The van der Waals surface area contributed by atoms with Gasteiger partial charge in [-0.3, -0.25) is 0 Å². The van der Waals surface area contributed by atoms with Crippen LogP contribution >= 0.6 is 0 Å². The van der Waals surface area contributed by atoms with Gasteiger partial charge in [-0.2, -0.15) is 0 Å². The molecule has 0 aromatic heterocycles. The van der Waals surface area contributed by atoms with Crippen molar-refractivity contribution in [2.75, 3.05) is 19.6 Å². The van der Waals surface area contributed by atoms with Gasteiger partial charge in [0.15, 0.2) is 0 Å². The zero-order valence-electron chi connectivity index (χ0n) is 7.43. The molecule has 0 amide bonds. The predicted molar refractivity (Wildman–Crippen MR) is 46.1 cm³/mol. The fourth-order valence-electron chi connectivity index (χ4n) is 1.10. The lowest BCUT2D eigenvalue weighted by Gasteiger charge is -2.21. The van der Waals surface area contributed by atoms with E-state index in [1.54, 1.807) is 0 Å². The molecule has 10 heavy (non-hydrogen) atoms. The minimum atomic E-state index is 0.312. The summed E-state index contributed by atoms with van der Waals surface area (Å²) < 4.78 is 0. The van der Waals surface area contributed by atoms with E-state index in [4.69, 9.17) is 5.73 Å². The van der Waals surface area contributed by atoms with Gasteiger partial charge in [-0.15, -0.1) is 0 Å². The van der Waals surface area contributed by atoms with Crippen LogP contribution in [0.5, 0.6) is 0 Å². The Balaban J connectivity index is 3.39. The van der Waals surface area contributed by atoms with Gasteiger partial charge >= 0.3 is 0 Å². The highest BCUT2D eigenvalue weighted by molar-refractivity contribution is 4.61. The van der Waals surface area contributed by atoms with E-state index in [1.165, 1.54) is 13.0 Å². The second kappa shape index (κ2) is 5.69. The van der Waals surface area contributed by atoms with Crippen molar-refractivity contribution >= 4 is 0 Å². The van der Waals surface area contributed by atoms with E-state index >= 15 is 0 Å². The topological polar surface area (TPSA) is 29.3 Å². The summed E-state index contributed by atoms with van der Waals surface area (Å²) in [5.74, 6) is 0. The molecule has 0 saturated carbocycles. The Morgan fingerprint density at radius 1 is 1.40 bits per heavy atom. The predicted octanol–water partition coefficient (Wildman–Crippen LogP) is 1.07. The first kappa shape index (κ1) is 9.92. The van der Waals surface area contributed by atoms with Crippen molar-refractivity contribution in [2.24, 2.45) is 5.73 Å². The number of likely N-dealkylation sites (N-methyl/N-ethyl adjacent to an activating group) is 1. The Morgan fingerprint density at radius 3 is 2.30 bits per heavy atom. The normalized spacial score (nSPS) is 14.1. The first-order valence-corrected chi connectivity index (χ1v) is 4.18. The van der Waals surface area contributed by atoms with Crippen molar-refractivity contribution in [1.29, 1.82) is 0 Å². The number of rotatable bonds is 5. The lowest BCUT2D eigenvalue weighted by atomic mass is 10.3. The Kier molecular flexibility index (Phi) is 5.64. The number of hydrogen-bond acceptors (Lipinski definition) is 2. The average molecular weight is 144 g/mol. The average Bonchev–Trinajstić information content (AvgIpc) is 1.86. The molecule has 62 valence electrons. The molecule has 0 saturated heterocycles. The van der Waals surface area contributed by atoms with Crippen molar-refractivity contribution in [2.45, 2.75) is 33.2 Å². The molecule has 2 N–H and O–H groups in total. The molecule has 0 aromatic rings. The van der Waals surface area contributed by atoms with Gasteiger partial charge in [-0.05, 0) is 26.4 Å². The van der Waals surface area contributed by atoms with Crippen molar-refractivity contribution in [3.05, 3.63) is 0 Å². The first-order chi connectivity index (χ1) is 4.70. The monoisotopic (exact) mass is 144 g/mol. The number of hydrogen-bond donors (Lipinski definition) is 1. The quantitative estimate of drug-likeness (QED) is 0.625. The van der Waals surface area contributed by atoms with Crippen LogP contribution in [-0.2, 0) is 0 Å². The molecule has 2 heteroatoms. The Hall–Kier alpha value is -0.0800. The molecule has 1 atom stereocenters. The summed E-state index contributed by atoms with van der Waals surface area (Å²) >= 11 is 0. The van der Waals surface area contributed by atoms with E-state index in [0.717, 1.165) is 13.1 Å². The van der Waals surface area contributed by atoms with Crippen molar-refractivity contribution in [3.63, 3.8) is 0 Å². The van der Waals surface area contributed by atoms with Gasteiger partial charge in [-0.25, -0.2) is 0 Å². The largest absolute Gasteiger partial charge is 0.327 e. The smallest absolute Gasteiger partial charge is 0.0139 e. The summed E-state index contributed by atoms with van der Waals surface area (Å²) in [5, 5.41) is 0. The summed E-state index contributed by atoms with van der Waals surface area (Å²) in [4.78, 5) is 2.38. The van der Waals surface area contributed by atoms with Gasteiger partial charge in [0.05, 0.1) is 0 Å². The molecular formula is C8H20N2. The van der Waals surface area contributed by atoms with Crippen LogP contribution in [0.3, 0.4) is 0 Å². The second-order valence-corrected chi connectivity index (χ2v) is 2.87. The van der Waals surface area contributed by atoms with E-state index in [2.05, 4.69) is 25.7 Å². The van der Waals surface area contributed by atoms with Gasteiger partial charge in [0.25, 0.3) is 0 Å². The van der Waals surface area contributed by atoms with E-state index in [9.17, 15) is 0 Å². The standard InChI is InChI=1S/C8H20N2/c1-4-6-10(5-2)7-8(3)9/h8H,4-7,9H2,1-3H3/t8-/m0/s1. The summed E-state index contributed by atoms with van der Waals surface area (Å²) in [7, 11) is 0. The van der Waals surface area contributed by atoms with Crippen LogP contribution in [0.15, 0.2) is 0 Å². The van der Waals surface area contributed by atoms with Gasteiger partial charge < -0.3 is 10.6 Å². The summed E-state index contributed by atoms with van der Waals surface area (Å²) in [6.07, 6.45) is 1.22. The fraction of sp³-hybridized carbons (Fsp3) is 1.00.